The third-order valence-corrected chi connectivity index (χ3v) is 4.96. The average Bonchev–Trinajstić information content (AvgIpc) is 2.89. The number of hydrogen-bond acceptors (Lipinski definition) is 6. The second-order valence-corrected chi connectivity index (χ2v) is 6.54. The molecule has 1 aromatic carbocycles. The number of methoxy groups -OCH3 is 1. The van der Waals surface area contributed by atoms with Crippen molar-refractivity contribution in [2.45, 2.75) is 4.90 Å². The number of thiophene rings is 1. The van der Waals surface area contributed by atoms with Crippen LogP contribution in [0.1, 0.15) is 9.67 Å². The topological polar surface area (TPSA) is 113 Å². The molecular formula is C12H11NO6S2. The second kappa shape index (κ2) is 5.62. The van der Waals surface area contributed by atoms with Gasteiger partial charge in [-0.1, -0.05) is 0 Å². The van der Waals surface area contributed by atoms with Crippen molar-refractivity contribution in [3.8, 4) is 11.5 Å². The first-order valence-electron chi connectivity index (χ1n) is 5.55. The minimum absolute atomic E-state index is 0.0760. The Morgan fingerprint density at radius 3 is 2.57 bits per heavy atom. The van der Waals surface area contributed by atoms with Gasteiger partial charge in [0.05, 0.1) is 17.7 Å². The highest BCUT2D eigenvalue weighted by Gasteiger charge is 2.19. The van der Waals surface area contributed by atoms with Gasteiger partial charge in [-0.2, -0.15) is 0 Å². The largest absolute Gasteiger partial charge is 0.504 e. The zero-order valence-corrected chi connectivity index (χ0v) is 12.4. The van der Waals surface area contributed by atoms with Crippen molar-refractivity contribution in [2.75, 3.05) is 11.8 Å². The number of phenols is 1. The third-order valence-electron chi connectivity index (χ3n) is 2.53. The van der Waals surface area contributed by atoms with Crippen LogP contribution in [0.3, 0.4) is 0 Å². The smallest absolute Gasteiger partial charge is 0.345 e. The Bertz CT molecular complexity index is 781. The molecule has 0 spiro atoms. The number of rotatable bonds is 5. The maximum absolute atomic E-state index is 12.1. The van der Waals surface area contributed by atoms with E-state index in [4.69, 9.17) is 9.84 Å². The summed E-state index contributed by atoms with van der Waals surface area (Å²) in [4.78, 5) is 10.5. The fourth-order valence-corrected chi connectivity index (χ4v) is 3.70. The van der Waals surface area contributed by atoms with Gasteiger partial charge in [0.2, 0.25) is 0 Å². The summed E-state index contributed by atoms with van der Waals surface area (Å²) in [5, 5.41) is 19.6. The summed E-state index contributed by atoms with van der Waals surface area (Å²) in [5.41, 5.74) is 0.136. The molecule has 0 atom stereocenters. The zero-order valence-electron chi connectivity index (χ0n) is 10.7. The number of benzene rings is 1. The van der Waals surface area contributed by atoms with Gasteiger partial charge >= 0.3 is 5.97 Å². The summed E-state index contributed by atoms with van der Waals surface area (Å²) in [6.07, 6.45) is 0. The Morgan fingerprint density at radius 1 is 1.33 bits per heavy atom. The first kappa shape index (κ1) is 15.1. The lowest BCUT2D eigenvalue weighted by atomic mass is 10.3. The first-order valence-corrected chi connectivity index (χ1v) is 7.91. The molecule has 0 unspecified atom stereocenters. The number of aromatic hydroxyl groups is 1. The van der Waals surface area contributed by atoms with Crippen LogP contribution in [0.4, 0.5) is 5.69 Å². The van der Waals surface area contributed by atoms with Crippen LogP contribution in [0.25, 0.3) is 0 Å². The number of aromatic carboxylic acids is 1. The van der Waals surface area contributed by atoms with E-state index in [-0.39, 0.29) is 27.0 Å². The third kappa shape index (κ3) is 3.26. The second-order valence-electron chi connectivity index (χ2n) is 3.94. The molecule has 0 saturated heterocycles. The summed E-state index contributed by atoms with van der Waals surface area (Å²) in [6.45, 7) is 0. The highest BCUT2D eigenvalue weighted by atomic mass is 32.2. The molecule has 0 aliphatic heterocycles. The van der Waals surface area contributed by atoms with E-state index in [1.807, 2.05) is 0 Å². The SMILES string of the molecule is COc1ccc(NS(=O)(=O)c2csc(C(=O)O)c2)cc1O. The predicted molar refractivity (Wildman–Crippen MR) is 76.7 cm³/mol. The number of nitrogens with one attached hydrogen (secondary N) is 1. The van der Waals surface area contributed by atoms with E-state index in [0.29, 0.717) is 0 Å². The molecule has 1 heterocycles. The number of carboxylic acids is 1. The Hall–Kier alpha value is -2.26. The minimum atomic E-state index is -3.92. The standard InChI is InChI=1S/C12H11NO6S2/c1-19-10-3-2-7(4-9(10)14)13-21(17,18)8-5-11(12(15)16)20-6-8/h2-6,13-14H,1H3,(H,15,16). The Labute approximate surface area is 124 Å². The highest BCUT2D eigenvalue weighted by Crippen LogP contribution is 2.30. The quantitative estimate of drug-likeness (QED) is 0.773. The Balaban J connectivity index is 2.28. The van der Waals surface area contributed by atoms with Gasteiger partial charge in [-0.3, -0.25) is 4.72 Å². The van der Waals surface area contributed by atoms with E-state index in [2.05, 4.69) is 4.72 Å². The molecule has 1 aromatic heterocycles. The molecule has 9 heteroatoms. The number of ether oxygens (including phenoxy) is 1. The summed E-state index contributed by atoms with van der Waals surface area (Å²) in [5.74, 6) is -1.19. The molecule has 112 valence electrons. The molecule has 0 fully saturated rings. The van der Waals surface area contributed by atoms with Crippen molar-refractivity contribution in [2.24, 2.45) is 0 Å². The summed E-state index contributed by atoms with van der Waals surface area (Å²) >= 11 is 0.816. The molecule has 0 aliphatic rings. The molecule has 0 amide bonds. The van der Waals surface area contributed by atoms with E-state index in [0.717, 1.165) is 17.4 Å². The molecule has 2 rings (SSSR count). The molecule has 21 heavy (non-hydrogen) atoms. The van der Waals surface area contributed by atoms with Crippen molar-refractivity contribution in [3.63, 3.8) is 0 Å². The van der Waals surface area contributed by atoms with Crippen LogP contribution in [0, 0.1) is 0 Å². The monoisotopic (exact) mass is 329 g/mol. The number of carboxylic acid groups (broad SMARTS) is 1. The summed E-state index contributed by atoms with van der Waals surface area (Å²) in [6, 6.07) is 5.09. The average molecular weight is 329 g/mol. The fourth-order valence-electron chi connectivity index (χ4n) is 1.54. The van der Waals surface area contributed by atoms with Crippen LogP contribution < -0.4 is 9.46 Å². The number of hydrogen-bond donors (Lipinski definition) is 3. The van der Waals surface area contributed by atoms with Gasteiger partial charge in [-0.15, -0.1) is 11.3 Å². The zero-order chi connectivity index (χ0) is 15.6. The van der Waals surface area contributed by atoms with Gasteiger partial charge in [0.1, 0.15) is 4.88 Å². The lowest BCUT2D eigenvalue weighted by molar-refractivity contribution is 0.0702. The van der Waals surface area contributed by atoms with Crippen LogP contribution in [0.15, 0.2) is 34.5 Å². The van der Waals surface area contributed by atoms with Crippen LogP contribution in [0.2, 0.25) is 0 Å². The fraction of sp³-hybridized carbons (Fsp3) is 0.0833. The number of carbonyl (C=O) groups is 1. The van der Waals surface area contributed by atoms with Gasteiger partial charge in [0.25, 0.3) is 10.0 Å². The van der Waals surface area contributed by atoms with Gasteiger partial charge in [0, 0.05) is 11.4 Å². The van der Waals surface area contributed by atoms with Crippen LogP contribution >= 0.6 is 11.3 Å². The van der Waals surface area contributed by atoms with Gasteiger partial charge in [-0.05, 0) is 18.2 Å². The molecule has 7 nitrogen and oxygen atoms in total. The Morgan fingerprint density at radius 2 is 2.05 bits per heavy atom. The molecule has 3 N–H and O–H groups in total. The first-order chi connectivity index (χ1) is 9.83. The van der Waals surface area contributed by atoms with E-state index < -0.39 is 16.0 Å². The van der Waals surface area contributed by atoms with Crippen molar-refractivity contribution in [1.82, 2.24) is 0 Å². The maximum Gasteiger partial charge on any atom is 0.345 e. The van der Waals surface area contributed by atoms with Crippen molar-refractivity contribution in [1.29, 1.82) is 0 Å². The van der Waals surface area contributed by atoms with E-state index >= 15 is 0 Å². The van der Waals surface area contributed by atoms with Gasteiger partial charge < -0.3 is 14.9 Å². The number of anilines is 1. The minimum Gasteiger partial charge on any atom is -0.504 e. The van der Waals surface area contributed by atoms with Gasteiger partial charge in [-0.25, -0.2) is 13.2 Å². The van der Waals surface area contributed by atoms with E-state index in [1.165, 1.54) is 30.7 Å². The lowest BCUT2D eigenvalue weighted by Crippen LogP contribution is -2.12. The molecule has 0 bridgehead atoms. The summed E-state index contributed by atoms with van der Waals surface area (Å²) in [7, 11) is -2.54. The summed E-state index contributed by atoms with van der Waals surface area (Å²) < 4.78 is 31.3. The maximum atomic E-state index is 12.1. The van der Waals surface area contributed by atoms with Crippen molar-refractivity contribution in [3.05, 3.63) is 34.5 Å². The van der Waals surface area contributed by atoms with Crippen LogP contribution in [0.5, 0.6) is 11.5 Å². The molecule has 0 aliphatic carbocycles. The number of sulfonamides is 1. The van der Waals surface area contributed by atoms with Gasteiger partial charge in [0.15, 0.2) is 11.5 Å². The molecule has 0 saturated carbocycles. The van der Waals surface area contributed by atoms with Crippen LogP contribution in [-0.2, 0) is 10.0 Å². The Kier molecular flexibility index (Phi) is 4.05. The normalized spacial score (nSPS) is 11.1. The molecular weight excluding hydrogens is 318 g/mol. The van der Waals surface area contributed by atoms with E-state index in [1.54, 1.807) is 0 Å². The van der Waals surface area contributed by atoms with Crippen molar-refractivity contribution < 1.29 is 28.2 Å². The van der Waals surface area contributed by atoms with Crippen molar-refractivity contribution >= 4 is 33.0 Å². The molecule has 2 aromatic rings. The van der Waals surface area contributed by atoms with E-state index in [9.17, 15) is 18.3 Å². The number of phenolic OH excluding ortho intramolecular Hbond substituents is 1. The lowest BCUT2D eigenvalue weighted by Gasteiger charge is -2.08. The molecule has 0 radical (unpaired) electrons. The van der Waals surface area contributed by atoms with Crippen LogP contribution in [-0.4, -0.2) is 31.7 Å². The predicted octanol–water partition coefficient (Wildman–Crippen LogP) is 1.96. The highest BCUT2D eigenvalue weighted by molar-refractivity contribution is 7.92.